The Bertz CT molecular complexity index is 843. The van der Waals surface area contributed by atoms with Gasteiger partial charge in [0.2, 0.25) is 10.0 Å². The summed E-state index contributed by atoms with van der Waals surface area (Å²) in [4.78, 5) is 12.5. The molecule has 0 saturated heterocycles. The standard InChI is InChI=1S/C19H24N2O3S/c1-4-21(5-2)25(23,24)18-12-8-11-16(13-18)19(22)20-14-17-10-7-6-9-15(17)3/h6-13H,4-5,14H2,1-3H3,(H,20,22). The van der Waals surface area contributed by atoms with Crippen molar-refractivity contribution in [1.82, 2.24) is 9.62 Å². The largest absolute Gasteiger partial charge is 0.348 e. The maximum absolute atomic E-state index is 12.6. The van der Waals surface area contributed by atoms with Crippen molar-refractivity contribution in [3.63, 3.8) is 0 Å². The van der Waals surface area contributed by atoms with Gasteiger partial charge in [0, 0.05) is 25.2 Å². The van der Waals surface area contributed by atoms with Crippen LogP contribution in [-0.2, 0) is 16.6 Å². The molecule has 0 aromatic heterocycles. The van der Waals surface area contributed by atoms with Gasteiger partial charge >= 0.3 is 0 Å². The Kier molecular flexibility index (Phi) is 6.33. The molecular weight excluding hydrogens is 336 g/mol. The van der Waals surface area contributed by atoms with E-state index in [-0.39, 0.29) is 10.8 Å². The van der Waals surface area contributed by atoms with E-state index in [1.807, 2.05) is 31.2 Å². The minimum atomic E-state index is -3.58. The highest BCUT2D eigenvalue weighted by Crippen LogP contribution is 2.17. The zero-order chi connectivity index (χ0) is 18.4. The zero-order valence-corrected chi connectivity index (χ0v) is 15.6. The van der Waals surface area contributed by atoms with Crippen LogP contribution in [0.4, 0.5) is 0 Å². The molecule has 0 atom stereocenters. The van der Waals surface area contributed by atoms with Crippen LogP contribution in [0.5, 0.6) is 0 Å². The molecule has 0 aliphatic heterocycles. The van der Waals surface area contributed by atoms with Gasteiger partial charge < -0.3 is 5.32 Å². The van der Waals surface area contributed by atoms with Gasteiger partial charge in [0.1, 0.15) is 0 Å². The van der Waals surface area contributed by atoms with Gasteiger partial charge in [-0.25, -0.2) is 8.42 Å². The van der Waals surface area contributed by atoms with E-state index in [1.54, 1.807) is 26.0 Å². The van der Waals surface area contributed by atoms with Crippen molar-refractivity contribution in [3.8, 4) is 0 Å². The molecule has 5 nitrogen and oxygen atoms in total. The molecule has 0 aliphatic carbocycles. The van der Waals surface area contributed by atoms with Crippen LogP contribution in [0.15, 0.2) is 53.4 Å². The van der Waals surface area contributed by atoms with Crippen LogP contribution >= 0.6 is 0 Å². The van der Waals surface area contributed by atoms with Crippen molar-refractivity contribution in [2.75, 3.05) is 13.1 Å². The molecule has 2 aromatic rings. The van der Waals surface area contributed by atoms with Gasteiger partial charge in [-0.2, -0.15) is 4.31 Å². The second-order valence-corrected chi connectivity index (χ2v) is 7.66. The summed E-state index contributed by atoms with van der Waals surface area (Å²) in [7, 11) is -3.58. The summed E-state index contributed by atoms with van der Waals surface area (Å²) in [5, 5.41) is 2.84. The fraction of sp³-hybridized carbons (Fsp3) is 0.316. The highest BCUT2D eigenvalue weighted by molar-refractivity contribution is 7.89. The third-order valence-corrected chi connectivity index (χ3v) is 6.19. The maximum Gasteiger partial charge on any atom is 0.251 e. The molecule has 2 rings (SSSR count). The molecular formula is C19H24N2O3S. The molecule has 1 amide bonds. The summed E-state index contributed by atoms with van der Waals surface area (Å²) in [6.07, 6.45) is 0. The lowest BCUT2D eigenvalue weighted by Crippen LogP contribution is -2.31. The minimum absolute atomic E-state index is 0.139. The van der Waals surface area contributed by atoms with Crippen molar-refractivity contribution < 1.29 is 13.2 Å². The van der Waals surface area contributed by atoms with E-state index >= 15 is 0 Å². The van der Waals surface area contributed by atoms with Gasteiger partial charge in [-0.05, 0) is 36.2 Å². The fourth-order valence-electron chi connectivity index (χ4n) is 2.60. The Morgan fingerprint density at radius 3 is 2.36 bits per heavy atom. The lowest BCUT2D eigenvalue weighted by Gasteiger charge is -2.18. The monoisotopic (exact) mass is 360 g/mol. The first-order chi connectivity index (χ1) is 11.9. The van der Waals surface area contributed by atoms with Crippen LogP contribution in [0.2, 0.25) is 0 Å². The van der Waals surface area contributed by atoms with Gasteiger partial charge in [0.05, 0.1) is 4.90 Å². The van der Waals surface area contributed by atoms with Crippen LogP contribution in [0.3, 0.4) is 0 Å². The van der Waals surface area contributed by atoms with Crippen molar-refractivity contribution in [2.24, 2.45) is 0 Å². The third-order valence-electron chi connectivity index (χ3n) is 4.14. The summed E-state index contributed by atoms with van der Waals surface area (Å²) in [5.74, 6) is -0.292. The van der Waals surface area contributed by atoms with Gasteiger partial charge in [-0.3, -0.25) is 4.79 Å². The Labute approximate surface area is 149 Å². The van der Waals surface area contributed by atoms with Gasteiger partial charge in [0.25, 0.3) is 5.91 Å². The highest BCUT2D eigenvalue weighted by Gasteiger charge is 2.22. The molecule has 2 aromatic carbocycles. The van der Waals surface area contributed by atoms with E-state index in [4.69, 9.17) is 0 Å². The molecule has 0 unspecified atom stereocenters. The second-order valence-electron chi connectivity index (χ2n) is 5.73. The normalized spacial score (nSPS) is 11.5. The number of rotatable bonds is 7. The Morgan fingerprint density at radius 2 is 1.72 bits per heavy atom. The van der Waals surface area contributed by atoms with E-state index in [9.17, 15) is 13.2 Å². The summed E-state index contributed by atoms with van der Waals surface area (Å²) in [6.45, 7) is 6.75. The van der Waals surface area contributed by atoms with E-state index in [0.29, 0.717) is 25.2 Å². The average molecular weight is 360 g/mol. The van der Waals surface area contributed by atoms with Gasteiger partial charge in [-0.1, -0.05) is 44.2 Å². The second kappa shape index (κ2) is 8.27. The van der Waals surface area contributed by atoms with Crippen molar-refractivity contribution in [2.45, 2.75) is 32.2 Å². The van der Waals surface area contributed by atoms with Gasteiger partial charge in [0.15, 0.2) is 0 Å². The first-order valence-corrected chi connectivity index (χ1v) is 9.77. The molecule has 0 bridgehead atoms. The molecule has 1 N–H and O–H groups in total. The Morgan fingerprint density at radius 1 is 1.04 bits per heavy atom. The topological polar surface area (TPSA) is 66.5 Å². The summed E-state index contributed by atoms with van der Waals surface area (Å²) >= 11 is 0. The number of nitrogens with one attached hydrogen (secondary N) is 1. The van der Waals surface area contributed by atoms with Crippen LogP contribution in [0.1, 0.15) is 35.3 Å². The molecule has 0 fully saturated rings. The molecule has 0 saturated carbocycles. The molecule has 0 heterocycles. The molecule has 0 aliphatic rings. The number of hydrogen-bond acceptors (Lipinski definition) is 3. The predicted molar refractivity (Wildman–Crippen MR) is 98.9 cm³/mol. The van der Waals surface area contributed by atoms with Crippen LogP contribution < -0.4 is 5.32 Å². The molecule has 25 heavy (non-hydrogen) atoms. The number of nitrogens with zero attached hydrogens (tertiary/aromatic N) is 1. The Balaban J connectivity index is 2.18. The number of hydrogen-bond donors (Lipinski definition) is 1. The lowest BCUT2D eigenvalue weighted by atomic mass is 10.1. The summed E-state index contributed by atoms with van der Waals surface area (Å²) in [5.41, 5.74) is 2.46. The first-order valence-electron chi connectivity index (χ1n) is 8.33. The predicted octanol–water partition coefficient (Wildman–Crippen LogP) is 2.96. The van der Waals surface area contributed by atoms with Crippen LogP contribution in [0, 0.1) is 6.92 Å². The number of sulfonamides is 1. The SMILES string of the molecule is CCN(CC)S(=O)(=O)c1cccc(C(=O)NCc2ccccc2C)c1. The van der Waals surface area contributed by atoms with E-state index in [0.717, 1.165) is 11.1 Å². The lowest BCUT2D eigenvalue weighted by molar-refractivity contribution is 0.0950. The zero-order valence-electron chi connectivity index (χ0n) is 14.8. The number of benzene rings is 2. The quantitative estimate of drug-likeness (QED) is 0.825. The van der Waals surface area contributed by atoms with Crippen LogP contribution in [0.25, 0.3) is 0 Å². The van der Waals surface area contributed by atoms with Gasteiger partial charge in [-0.15, -0.1) is 0 Å². The summed E-state index contributed by atoms with van der Waals surface area (Å²) < 4.78 is 26.5. The Hall–Kier alpha value is -2.18. The average Bonchev–Trinajstić information content (AvgIpc) is 2.61. The smallest absolute Gasteiger partial charge is 0.251 e. The summed E-state index contributed by atoms with van der Waals surface area (Å²) in [6, 6.07) is 14.0. The van der Waals surface area contributed by atoms with Crippen molar-refractivity contribution in [1.29, 1.82) is 0 Å². The molecule has 134 valence electrons. The number of amides is 1. The number of carbonyl (C=O) groups excluding carboxylic acids is 1. The maximum atomic E-state index is 12.6. The number of carbonyl (C=O) groups is 1. The molecule has 0 spiro atoms. The highest BCUT2D eigenvalue weighted by atomic mass is 32.2. The van der Waals surface area contributed by atoms with Crippen molar-refractivity contribution >= 4 is 15.9 Å². The first kappa shape index (κ1) is 19.1. The third kappa shape index (κ3) is 4.46. The molecule has 6 heteroatoms. The van der Waals surface area contributed by atoms with E-state index < -0.39 is 10.0 Å². The molecule has 0 radical (unpaired) electrons. The van der Waals surface area contributed by atoms with Crippen LogP contribution in [-0.4, -0.2) is 31.7 Å². The van der Waals surface area contributed by atoms with Crippen molar-refractivity contribution in [3.05, 3.63) is 65.2 Å². The van der Waals surface area contributed by atoms with E-state index in [2.05, 4.69) is 5.32 Å². The minimum Gasteiger partial charge on any atom is -0.348 e. The number of aryl methyl sites for hydroxylation is 1. The van der Waals surface area contributed by atoms with E-state index in [1.165, 1.54) is 16.4 Å². The fourth-order valence-corrected chi connectivity index (χ4v) is 4.10.